The summed E-state index contributed by atoms with van der Waals surface area (Å²) in [6.45, 7) is 10.0. The van der Waals surface area contributed by atoms with Crippen LogP contribution in [-0.2, 0) is 13.0 Å². The van der Waals surface area contributed by atoms with Gasteiger partial charge in [0.15, 0.2) is 0 Å². The third-order valence-electron chi connectivity index (χ3n) is 4.11. The highest BCUT2D eigenvalue weighted by molar-refractivity contribution is 4.96. The van der Waals surface area contributed by atoms with E-state index >= 15 is 0 Å². The molecule has 2 rings (SSSR count). The van der Waals surface area contributed by atoms with Crippen molar-refractivity contribution in [3.05, 3.63) is 11.6 Å². The first kappa shape index (κ1) is 14.5. The molecule has 1 aromatic heterocycles. The average molecular weight is 264 g/mol. The molecule has 1 aromatic rings. The Labute approximate surface area is 117 Å². The van der Waals surface area contributed by atoms with Crippen molar-refractivity contribution in [3.8, 4) is 0 Å². The highest BCUT2D eigenvalue weighted by atomic mass is 15.3. The van der Waals surface area contributed by atoms with E-state index in [4.69, 9.17) is 0 Å². The molecular weight excluding hydrogens is 236 g/mol. The zero-order chi connectivity index (χ0) is 13.7. The van der Waals surface area contributed by atoms with Crippen LogP contribution in [0.4, 0.5) is 0 Å². The van der Waals surface area contributed by atoms with Gasteiger partial charge in [-0.2, -0.15) is 0 Å². The molecule has 1 unspecified atom stereocenters. The van der Waals surface area contributed by atoms with Crippen molar-refractivity contribution in [2.75, 3.05) is 13.1 Å². The van der Waals surface area contributed by atoms with Crippen molar-refractivity contribution in [1.29, 1.82) is 0 Å². The first-order valence-corrected chi connectivity index (χ1v) is 7.76. The lowest BCUT2D eigenvalue weighted by Gasteiger charge is -2.15. The van der Waals surface area contributed by atoms with Crippen LogP contribution >= 0.6 is 0 Å². The van der Waals surface area contributed by atoms with Gasteiger partial charge in [0.25, 0.3) is 0 Å². The highest BCUT2D eigenvalue weighted by Gasteiger charge is 2.17. The second-order valence-corrected chi connectivity index (χ2v) is 6.25. The van der Waals surface area contributed by atoms with Crippen LogP contribution in [0.25, 0.3) is 0 Å². The average Bonchev–Trinajstić information content (AvgIpc) is 2.57. The van der Waals surface area contributed by atoms with Crippen LogP contribution in [0.1, 0.15) is 51.2 Å². The predicted octanol–water partition coefficient (Wildman–Crippen LogP) is 2.56. The Balaban J connectivity index is 1.98. The molecule has 108 valence electrons. The van der Waals surface area contributed by atoms with Gasteiger partial charge in [-0.05, 0) is 57.5 Å². The van der Waals surface area contributed by atoms with Crippen LogP contribution in [0.3, 0.4) is 0 Å². The summed E-state index contributed by atoms with van der Waals surface area (Å²) in [6, 6.07) is 0. The first-order chi connectivity index (χ1) is 9.16. The van der Waals surface area contributed by atoms with E-state index in [9.17, 15) is 0 Å². The van der Waals surface area contributed by atoms with E-state index in [1.165, 1.54) is 38.1 Å². The van der Waals surface area contributed by atoms with E-state index in [2.05, 4.69) is 40.9 Å². The van der Waals surface area contributed by atoms with Gasteiger partial charge in [0.2, 0.25) is 0 Å². The molecule has 19 heavy (non-hydrogen) atoms. The number of hydrogen-bond acceptors (Lipinski definition) is 3. The number of nitrogens with one attached hydrogen (secondary N) is 1. The minimum absolute atomic E-state index is 0.733. The van der Waals surface area contributed by atoms with Crippen LogP contribution in [0.5, 0.6) is 0 Å². The quantitative estimate of drug-likeness (QED) is 0.889. The standard InChI is InChI=1S/C15H28N4/c1-12(2)7-10-19-13(3)17-18-15(19)11-14-5-4-8-16-9-6-14/h12,14,16H,4-11H2,1-3H3. The fraction of sp³-hybridized carbons (Fsp3) is 0.867. The highest BCUT2D eigenvalue weighted by Crippen LogP contribution is 2.19. The van der Waals surface area contributed by atoms with E-state index in [0.29, 0.717) is 0 Å². The summed E-state index contributed by atoms with van der Waals surface area (Å²) < 4.78 is 2.33. The molecule has 1 fully saturated rings. The zero-order valence-electron chi connectivity index (χ0n) is 12.7. The summed E-state index contributed by atoms with van der Waals surface area (Å²) in [6.07, 6.45) is 6.20. The SMILES string of the molecule is Cc1nnc(CC2CCCNCC2)n1CCC(C)C. The Morgan fingerprint density at radius 3 is 2.89 bits per heavy atom. The molecule has 4 nitrogen and oxygen atoms in total. The van der Waals surface area contributed by atoms with Crippen LogP contribution < -0.4 is 5.32 Å². The molecule has 0 bridgehead atoms. The lowest BCUT2D eigenvalue weighted by molar-refractivity contribution is 0.435. The van der Waals surface area contributed by atoms with E-state index in [-0.39, 0.29) is 0 Å². The number of nitrogens with zero attached hydrogens (tertiary/aromatic N) is 3. The first-order valence-electron chi connectivity index (χ1n) is 7.76. The van der Waals surface area contributed by atoms with Crippen molar-refractivity contribution < 1.29 is 0 Å². The molecular formula is C15H28N4. The van der Waals surface area contributed by atoms with Gasteiger partial charge in [-0.15, -0.1) is 10.2 Å². The van der Waals surface area contributed by atoms with Crippen LogP contribution in [0, 0.1) is 18.8 Å². The van der Waals surface area contributed by atoms with Crippen molar-refractivity contribution in [1.82, 2.24) is 20.1 Å². The monoisotopic (exact) mass is 264 g/mol. The summed E-state index contributed by atoms with van der Waals surface area (Å²) in [7, 11) is 0. The third kappa shape index (κ3) is 4.30. The Bertz CT molecular complexity index is 375. The molecule has 4 heteroatoms. The summed E-state index contributed by atoms with van der Waals surface area (Å²) in [5.74, 6) is 3.78. The summed E-state index contributed by atoms with van der Waals surface area (Å²) in [4.78, 5) is 0. The minimum atomic E-state index is 0.733. The predicted molar refractivity (Wildman–Crippen MR) is 78.1 cm³/mol. The zero-order valence-corrected chi connectivity index (χ0v) is 12.7. The van der Waals surface area contributed by atoms with E-state index in [1.807, 2.05) is 0 Å². The van der Waals surface area contributed by atoms with Crippen LogP contribution in [0.2, 0.25) is 0 Å². The van der Waals surface area contributed by atoms with Gasteiger partial charge in [-0.1, -0.05) is 13.8 Å². The Morgan fingerprint density at radius 1 is 1.26 bits per heavy atom. The summed E-state index contributed by atoms with van der Waals surface area (Å²) >= 11 is 0. The largest absolute Gasteiger partial charge is 0.317 e. The molecule has 1 aliphatic rings. The number of aromatic nitrogens is 3. The van der Waals surface area contributed by atoms with Crippen LogP contribution in [0.15, 0.2) is 0 Å². The topological polar surface area (TPSA) is 42.7 Å². The van der Waals surface area contributed by atoms with Gasteiger partial charge in [-0.3, -0.25) is 0 Å². The van der Waals surface area contributed by atoms with E-state index < -0.39 is 0 Å². The van der Waals surface area contributed by atoms with Gasteiger partial charge >= 0.3 is 0 Å². The molecule has 0 aliphatic carbocycles. The van der Waals surface area contributed by atoms with E-state index in [0.717, 1.165) is 37.2 Å². The molecule has 0 amide bonds. The summed E-state index contributed by atoms with van der Waals surface area (Å²) in [5, 5.41) is 12.2. The minimum Gasteiger partial charge on any atom is -0.317 e. The van der Waals surface area contributed by atoms with Crippen LogP contribution in [-0.4, -0.2) is 27.9 Å². The molecule has 1 N–H and O–H groups in total. The van der Waals surface area contributed by atoms with Crippen molar-refractivity contribution >= 4 is 0 Å². The smallest absolute Gasteiger partial charge is 0.133 e. The number of rotatable bonds is 5. The Kier molecular flexibility index (Phi) is 5.37. The Hall–Kier alpha value is -0.900. The fourth-order valence-electron chi connectivity index (χ4n) is 2.81. The molecule has 0 radical (unpaired) electrons. The maximum absolute atomic E-state index is 4.41. The number of hydrogen-bond donors (Lipinski definition) is 1. The van der Waals surface area contributed by atoms with Gasteiger partial charge < -0.3 is 9.88 Å². The molecule has 1 atom stereocenters. The maximum atomic E-state index is 4.41. The van der Waals surface area contributed by atoms with Crippen molar-refractivity contribution in [3.63, 3.8) is 0 Å². The van der Waals surface area contributed by atoms with Gasteiger partial charge in [-0.25, -0.2) is 0 Å². The molecule has 2 heterocycles. The maximum Gasteiger partial charge on any atom is 0.133 e. The second-order valence-electron chi connectivity index (χ2n) is 6.25. The second kappa shape index (κ2) is 7.04. The molecule has 0 aromatic carbocycles. The summed E-state index contributed by atoms with van der Waals surface area (Å²) in [5.41, 5.74) is 0. The normalized spacial score (nSPS) is 20.7. The lowest BCUT2D eigenvalue weighted by atomic mass is 9.96. The van der Waals surface area contributed by atoms with Gasteiger partial charge in [0, 0.05) is 13.0 Å². The van der Waals surface area contributed by atoms with Crippen molar-refractivity contribution in [2.24, 2.45) is 11.8 Å². The molecule has 1 saturated heterocycles. The van der Waals surface area contributed by atoms with Crippen molar-refractivity contribution in [2.45, 2.75) is 59.4 Å². The third-order valence-corrected chi connectivity index (χ3v) is 4.11. The molecule has 0 spiro atoms. The molecule has 1 aliphatic heterocycles. The van der Waals surface area contributed by atoms with Gasteiger partial charge in [0.1, 0.15) is 11.6 Å². The Morgan fingerprint density at radius 2 is 2.11 bits per heavy atom. The lowest BCUT2D eigenvalue weighted by Crippen LogP contribution is -2.16. The van der Waals surface area contributed by atoms with Gasteiger partial charge in [0.05, 0.1) is 0 Å². The fourth-order valence-corrected chi connectivity index (χ4v) is 2.81. The molecule has 0 saturated carbocycles. The number of aryl methyl sites for hydroxylation is 1. The van der Waals surface area contributed by atoms with E-state index in [1.54, 1.807) is 0 Å².